The fraction of sp³-hybridized carbons (Fsp3) is 0.286. The van der Waals surface area contributed by atoms with Gasteiger partial charge < -0.3 is 4.74 Å². The summed E-state index contributed by atoms with van der Waals surface area (Å²) in [5.41, 5.74) is 1.83. The molecule has 7 heteroatoms. The van der Waals surface area contributed by atoms with E-state index < -0.39 is 0 Å². The Morgan fingerprint density at radius 3 is 2.95 bits per heavy atom. The lowest BCUT2D eigenvalue weighted by Crippen LogP contribution is -2.23. The van der Waals surface area contributed by atoms with Crippen molar-refractivity contribution >= 4 is 11.0 Å². The normalized spacial score (nSPS) is 11.0. The van der Waals surface area contributed by atoms with Crippen LogP contribution in [0.1, 0.15) is 12.5 Å². The van der Waals surface area contributed by atoms with Crippen molar-refractivity contribution in [1.82, 2.24) is 24.3 Å². The molecule has 0 spiro atoms. The molecule has 0 N–H and O–H groups in total. The standard InChI is InChI=1S/C14H15N5O2/c1-3-19-12-11(7-17-19)16-9-18(14(12)20)8-10-5-4-6-15-13(10)21-2/h4-7,9H,3,8H2,1-2H3. The Morgan fingerprint density at radius 2 is 2.19 bits per heavy atom. The Bertz CT molecular complexity index is 837. The molecule has 108 valence electrons. The second-order valence-corrected chi connectivity index (χ2v) is 4.54. The first-order valence-electron chi connectivity index (χ1n) is 6.63. The van der Waals surface area contributed by atoms with Crippen LogP contribution in [0.25, 0.3) is 11.0 Å². The zero-order valence-electron chi connectivity index (χ0n) is 11.9. The third kappa shape index (κ3) is 2.26. The summed E-state index contributed by atoms with van der Waals surface area (Å²) < 4.78 is 8.40. The monoisotopic (exact) mass is 285 g/mol. The topological polar surface area (TPSA) is 74.8 Å². The van der Waals surface area contributed by atoms with Gasteiger partial charge in [-0.25, -0.2) is 9.97 Å². The fourth-order valence-electron chi connectivity index (χ4n) is 2.27. The zero-order chi connectivity index (χ0) is 14.8. The molecule has 0 aliphatic heterocycles. The van der Waals surface area contributed by atoms with Crippen molar-refractivity contribution in [1.29, 1.82) is 0 Å². The first-order chi connectivity index (χ1) is 10.2. The maximum Gasteiger partial charge on any atom is 0.279 e. The van der Waals surface area contributed by atoms with E-state index in [-0.39, 0.29) is 5.56 Å². The van der Waals surface area contributed by atoms with Crippen molar-refractivity contribution < 1.29 is 4.74 Å². The molecule has 3 rings (SSSR count). The average molecular weight is 285 g/mol. The zero-order valence-corrected chi connectivity index (χ0v) is 11.9. The first kappa shape index (κ1) is 13.3. The van der Waals surface area contributed by atoms with Crippen LogP contribution in [0.2, 0.25) is 0 Å². The molecule has 3 heterocycles. The van der Waals surface area contributed by atoms with Crippen LogP contribution in [-0.4, -0.2) is 31.4 Å². The van der Waals surface area contributed by atoms with Crippen molar-refractivity contribution in [2.75, 3.05) is 7.11 Å². The highest BCUT2D eigenvalue weighted by Crippen LogP contribution is 2.14. The van der Waals surface area contributed by atoms with Crippen LogP contribution in [0.15, 0.2) is 35.6 Å². The predicted molar refractivity (Wildman–Crippen MR) is 77.4 cm³/mol. The van der Waals surface area contributed by atoms with Gasteiger partial charge >= 0.3 is 0 Å². The number of rotatable bonds is 4. The van der Waals surface area contributed by atoms with Crippen LogP contribution in [0.3, 0.4) is 0 Å². The number of fused-ring (bicyclic) bond motifs is 1. The summed E-state index contributed by atoms with van der Waals surface area (Å²) in [6, 6.07) is 3.69. The lowest BCUT2D eigenvalue weighted by atomic mass is 10.2. The second-order valence-electron chi connectivity index (χ2n) is 4.54. The summed E-state index contributed by atoms with van der Waals surface area (Å²) in [5.74, 6) is 0.508. The molecular weight excluding hydrogens is 270 g/mol. The highest BCUT2D eigenvalue weighted by molar-refractivity contribution is 5.72. The van der Waals surface area contributed by atoms with Gasteiger partial charge in [0.05, 0.1) is 26.2 Å². The van der Waals surface area contributed by atoms with Gasteiger partial charge in [0.1, 0.15) is 5.52 Å². The number of aryl methyl sites for hydroxylation is 1. The van der Waals surface area contributed by atoms with Crippen LogP contribution in [0, 0.1) is 0 Å². The van der Waals surface area contributed by atoms with Crippen molar-refractivity contribution in [2.45, 2.75) is 20.0 Å². The highest BCUT2D eigenvalue weighted by atomic mass is 16.5. The molecule has 21 heavy (non-hydrogen) atoms. The molecule has 0 aliphatic rings. The van der Waals surface area contributed by atoms with E-state index >= 15 is 0 Å². The molecule has 0 fully saturated rings. The van der Waals surface area contributed by atoms with Gasteiger partial charge in [0, 0.05) is 18.3 Å². The third-order valence-electron chi connectivity index (χ3n) is 3.30. The summed E-state index contributed by atoms with van der Waals surface area (Å²) in [6.45, 7) is 2.92. The van der Waals surface area contributed by atoms with Crippen molar-refractivity contribution in [2.24, 2.45) is 0 Å². The number of methoxy groups -OCH3 is 1. The third-order valence-corrected chi connectivity index (χ3v) is 3.30. The molecule has 0 aliphatic carbocycles. The van der Waals surface area contributed by atoms with E-state index in [4.69, 9.17) is 4.74 Å². The molecule has 0 amide bonds. The van der Waals surface area contributed by atoms with Crippen LogP contribution < -0.4 is 10.3 Å². The van der Waals surface area contributed by atoms with Gasteiger partial charge in [0.2, 0.25) is 5.88 Å². The van der Waals surface area contributed by atoms with Gasteiger partial charge in [-0.1, -0.05) is 6.07 Å². The van der Waals surface area contributed by atoms with Crippen molar-refractivity contribution in [3.8, 4) is 5.88 Å². The van der Waals surface area contributed by atoms with Gasteiger partial charge in [0.25, 0.3) is 5.56 Å². The van der Waals surface area contributed by atoms with Crippen molar-refractivity contribution in [3.63, 3.8) is 0 Å². The molecule has 0 atom stereocenters. The van der Waals surface area contributed by atoms with Crippen molar-refractivity contribution in [3.05, 3.63) is 46.8 Å². The number of hydrogen-bond donors (Lipinski definition) is 0. The molecule has 0 bridgehead atoms. The van der Waals surface area contributed by atoms with E-state index in [1.54, 1.807) is 24.2 Å². The summed E-state index contributed by atoms with van der Waals surface area (Å²) in [5, 5.41) is 4.16. The van der Waals surface area contributed by atoms with E-state index in [1.807, 2.05) is 19.1 Å². The fourth-order valence-corrected chi connectivity index (χ4v) is 2.27. The molecule has 3 aromatic heterocycles. The van der Waals surface area contributed by atoms with Gasteiger partial charge in [-0.2, -0.15) is 5.10 Å². The molecule has 7 nitrogen and oxygen atoms in total. The number of ether oxygens (including phenoxy) is 1. The molecule has 3 aromatic rings. The minimum Gasteiger partial charge on any atom is -0.481 e. The quantitative estimate of drug-likeness (QED) is 0.716. The van der Waals surface area contributed by atoms with E-state index in [9.17, 15) is 4.79 Å². The summed E-state index contributed by atoms with van der Waals surface area (Å²) in [4.78, 5) is 21.0. The smallest absolute Gasteiger partial charge is 0.279 e. The number of aromatic nitrogens is 5. The summed E-state index contributed by atoms with van der Waals surface area (Å²) in [7, 11) is 1.56. The molecule has 0 radical (unpaired) electrons. The Morgan fingerprint density at radius 1 is 1.33 bits per heavy atom. The minimum absolute atomic E-state index is 0.120. The number of pyridine rings is 1. The number of hydrogen-bond acceptors (Lipinski definition) is 5. The number of nitrogens with zero attached hydrogens (tertiary/aromatic N) is 5. The van der Waals surface area contributed by atoms with Gasteiger partial charge in [-0.15, -0.1) is 0 Å². The molecular formula is C14H15N5O2. The highest BCUT2D eigenvalue weighted by Gasteiger charge is 2.11. The van der Waals surface area contributed by atoms with Crippen LogP contribution in [0.4, 0.5) is 0 Å². The minimum atomic E-state index is -0.120. The first-order valence-corrected chi connectivity index (χ1v) is 6.63. The molecule has 0 aromatic carbocycles. The molecule has 0 saturated heterocycles. The Balaban J connectivity index is 2.09. The summed E-state index contributed by atoms with van der Waals surface area (Å²) in [6.07, 6.45) is 4.78. The van der Waals surface area contributed by atoms with E-state index in [0.717, 1.165) is 5.56 Å². The lowest BCUT2D eigenvalue weighted by molar-refractivity contribution is 0.391. The predicted octanol–water partition coefficient (Wildman–Crippen LogP) is 1.06. The van der Waals surface area contributed by atoms with E-state index in [0.29, 0.717) is 30.0 Å². The summed E-state index contributed by atoms with van der Waals surface area (Å²) >= 11 is 0. The van der Waals surface area contributed by atoms with Crippen LogP contribution in [-0.2, 0) is 13.1 Å². The Labute approximate surface area is 120 Å². The molecule has 0 saturated carbocycles. The second kappa shape index (κ2) is 5.35. The maximum atomic E-state index is 12.6. The van der Waals surface area contributed by atoms with Crippen LogP contribution in [0.5, 0.6) is 5.88 Å². The largest absolute Gasteiger partial charge is 0.481 e. The lowest BCUT2D eigenvalue weighted by Gasteiger charge is -2.09. The van der Waals surface area contributed by atoms with E-state index in [2.05, 4.69) is 15.1 Å². The Kier molecular flexibility index (Phi) is 3.39. The average Bonchev–Trinajstić information content (AvgIpc) is 2.94. The molecule has 0 unspecified atom stereocenters. The SMILES string of the molecule is CCn1ncc2ncn(Cc3cccnc3OC)c(=O)c21. The van der Waals surface area contributed by atoms with Gasteiger partial charge in [0.15, 0.2) is 5.52 Å². The van der Waals surface area contributed by atoms with Gasteiger partial charge in [-0.05, 0) is 13.0 Å². The van der Waals surface area contributed by atoms with Gasteiger partial charge in [-0.3, -0.25) is 14.0 Å². The van der Waals surface area contributed by atoms with Crippen LogP contribution >= 0.6 is 0 Å². The maximum absolute atomic E-state index is 12.6. The Hall–Kier alpha value is -2.70. The van der Waals surface area contributed by atoms with E-state index in [1.165, 1.54) is 10.9 Å².